The zero-order valence-corrected chi connectivity index (χ0v) is 14.6. The third kappa shape index (κ3) is 15.6. The molecule has 0 fully saturated rings. The second kappa shape index (κ2) is 17.4. The van der Waals surface area contributed by atoms with Gasteiger partial charge in [0.05, 0.1) is 12.1 Å². The smallest absolute Gasteiger partial charge is 0.0864 e. The van der Waals surface area contributed by atoms with Crippen molar-refractivity contribution in [2.24, 2.45) is 4.99 Å². The number of nitrogens with zero attached hydrogens (tertiary/aromatic N) is 1. The molecule has 0 rings (SSSR count). The average Bonchev–Trinajstić information content (AvgIpc) is 2.49. The molecule has 124 valence electrons. The van der Waals surface area contributed by atoms with Crippen LogP contribution in [-0.4, -0.2) is 12.1 Å². The van der Waals surface area contributed by atoms with E-state index in [1.165, 1.54) is 83.5 Å². The molecule has 2 nitrogen and oxygen atoms in total. The van der Waals surface area contributed by atoms with Crippen molar-refractivity contribution in [3.63, 3.8) is 0 Å². The van der Waals surface area contributed by atoms with Crippen molar-refractivity contribution in [3.8, 4) is 0 Å². The molecule has 2 heteroatoms. The molecular weight excluding hydrogens is 256 g/mol. The van der Waals surface area contributed by atoms with Crippen LogP contribution in [0.1, 0.15) is 110 Å². The maximum Gasteiger partial charge on any atom is 0.0864 e. The normalized spacial score (nSPS) is 12.1. The fourth-order valence-corrected chi connectivity index (χ4v) is 2.86. The van der Waals surface area contributed by atoms with Gasteiger partial charge in [-0.1, -0.05) is 97.3 Å². The largest absolute Gasteiger partial charge is 0.242 e. The van der Waals surface area contributed by atoms with Crippen LogP contribution < -0.4 is 0 Å². The van der Waals surface area contributed by atoms with Crippen LogP contribution in [0.2, 0.25) is 0 Å². The molecule has 0 aromatic rings. The molecule has 0 aliphatic carbocycles. The van der Waals surface area contributed by atoms with Crippen LogP contribution in [0.3, 0.4) is 0 Å². The Bertz CT molecular complexity index is 244. The molecule has 0 bridgehead atoms. The zero-order chi connectivity index (χ0) is 15.6. The van der Waals surface area contributed by atoms with Gasteiger partial charge in [0.2, 0.25) is 0 Å². The lowest BCUT2D eigenvalue weighted by Gasteiger charge is -2.10. The lowest BCUT2D eigenvalue weighted by molar-refractivity contribution is 0.485. The van der Waals surface area contributed by atoms with Gasteiger partial charge in [-0.2, -0.15) is 0 Å². The van der Waals surface area contributed by atoms with E-state index in [2.05, 4.69) is 24.8 Å². The molecule has 1 unspecified atom stereocenters. The molecule has 0 saturated carbocycles. The lowest BCUT2D eigenvalue weighted by atomic mass is 10.0. The van der Waals surface area contributed by atoms with Gasteiger partial charge in [-0.25, -0.2) is 10.4 Å². The minimum atomic E-state index is 0.365. The summed E-state index contributed by atoms with van der Waals surface area (Å²) >= 11 is 0. The number of nitrogens with one attached hydrogen (secondary N) is 1. The van der Waals surface area contributed by atoms with Crippen molar-refractivity contribution in [3.05, 3.63) is 0 Å². The van der Waals surface area contributed by atoms with Gasteiger partial charge in [-0.15, -0.1) is 0 Å². The number of hydrogen-bond acceptors (Lipinski definition) is 2. The summed E-state index contributed by atoms with van der Waals surface area (Å²) in [5.74, 6) is 0. The van der Waals surface area contributed by atoms with E-state index in [1.807, 2.05) is 0 Å². The quantitative estimate of drug-likeness (QED) is 0.235. The number of aliphatic imine (C=N–C) groups is 1. The topological polar surface area (TPSA) is 36.2 Å². The SMILES string of the molecule is CCCCCCCCCC(CCCCCCCC)N=C=N. The summed E-state index contributed by atoms with van der Waals surface area (Å²) in [5, 5.41) is 7.08. The Morgan fingerprint density at radius 2 is 1.05 bits per heavy atom. The highest BCUT2D eigenvalue weighted by molar-refractivity contribution is 5.36. The predicted molar refractivity (Wildman–Crippen MR) is 94.5 cm³/mol. The summed E-state index contributed by atoms with van der Waals surface area (Å²) in [5.41, 5.74) is 0. The average molecular weight is 295 g/mol. The summed E-state index contributed by atoms with van der Waals surface area (Å²) in [6, 6.07) is 2.64. The van der Waals surface area contributed by atoms with Gasteiger partial charge in [0.1, 0.15) is 0 Å². The van der Waals surface area contributed by atoms with E-state index in [-0.39, 0.29) is 0 Å². The van der Waals surface area contributed by atoms with Gasteiger partial charge in [0.15, 0.2) is 0 Å². The monoisotopic (exact) mass is 294 g/mol. The fraction of sp³-hybridized carbons (Fsp3) is 0.947. The summed E-state index contributed by atoms with van der Waals surface area (Å²) < 4.78 is 0. The second-order valence-electron chi connectivity index (χ2n) is 6.36. The number of unbranched alkanes of at least 4 members (excludes halogenated alkanes) is 11. The maximum absolute atomic E-state index is 7.08. The van der Waals surface area contributed by atoms with E-state index in [0.717, 1.165) is 12.8 Å². The van der Waals surface area contributed by atoms with Crippen LogP contribution in [0.4, 0.5) is 0 Å². The second-order valence-corrected chi connectivity index (χ2v) is 6.36. The van der Waals surface area contributed by atoms with Crippen LogP contribution in [0.5, 0.6) is 0 Å². The first kappa shape index (κ1) is 20.4. The fourth-order valence-electron chi connectivity index (χ4n) is 2.86. The molecule has 0 amide bonds. The highest BCUT2D eigenvalue weighted by Gasteiger charge is 2.06. The van der Waals surface area contributed by atoms with E-state index >= 15 is 0 Å². The van der Waals surface area contributed by atoms with E-state index in [4.69, 9.17) is 5.41 Å². The molecule has 0 aromatic heterocycles. The number of hydrogen-bond donors (Lipinski definition) is 1. The Morgan fingerprint density at radius 3 is 1.43 bits per heavy atom. The minimum absolute atomic E-state index is 0.365. The molecule has 0 radical (unpaired) electrons. The Kier molecular flexibility index (Phi) is 16.9. The third-order valence-electron chi connectivity index (χ3n) is 4.28. The van der Waals surface area contributed by atoms with Gasteiger partial charge < -0.3 is 0 Å². The molecule has 0 aliphatic heterocycles. The van der Waals surface area contributed by atoms with Crippen molar-refractivity contribution in [1.29, 1.82) is 5.41 Å². The van der Waals surface area contributed by atoms with Gasteiger partial charge in [-0.05, 0) is 12.8 Å². The molecular formula is C19H38N2. The Hall–Kier alpha value is -0.620. The van der Waals surface area contributed by atoms with Crippen LogP contribution in [0, 0.1) is 5.41 Å². The molecule has 1 N–H and O–H groups in total. The van der Waals surface area contributed by atoms with Gasteiger partial charge in [0, 0.05) is 0 Å². The van der Waals surface area contributed by atoms with Crippen LogP contribution >= 0.6 is 0 Å². The molecule has 0 aliphatic rings. The summed E-state index contributed by atoms with van der Waals surface area (Å²) in [4.78, 5) is 4.22. The van der Waals surface area contributed by atoms with Crippen LogP contribution in [0.15, 0.2) is 4.99 Å². The lowest BCUT2D eigenvalue weighted by Crippen LogP contribution is -2.04. The first-order valence-electron chi connectivity index (χ1n) is 9.46. The molecule has 0 heterocycles. The first-order valence-corrected chi connectivity index (χ1v) is 9.46. The van der Waals surface area contributed by atoms with E-state index in [9.17, 15) is 0 Å². The molecule has 0 saturated heterocycles. The first-order chi connectivity index (χ1) is 10.3. The standard InChI is InChI=1S/C19H38N2/c1-3-5-7-9-11-13-15-17-19(21-18-20)16-14-12-10-8-6-4-2/h19-20H,3-17H2,1-2H3. The maximum atomic E-state index is 7.08. The van der Waals surface area contributed by atoms with Gasteiger partial charge >= 0.3 is 0 Å². The summed E-state index contributed by atoms with van der Waals surface area (Å²) in [6.07, 6.45) is 19.9. The van der Waals surface area contributed by atoms with E-state index in [1.54, 1.807) is 0 Å². The Morgan fingerprint density at radius 1 is 0.667 bits per heavy atom. The Labute approximate surface area is 133 Å². The van der Waals surface area contributed by atoms with Crippen molar-refractivity contribution in [1.82, 2.24) is 0 Å². The minimum Gasteiger partial charge on any atom is -0.242 e. The predicted octanol–water partition coefficient (Wildman–Crippen LogP) is 7.00. The molecule has 0 spiro atoms. The van der Waals surface area contributed by atoms with E-state index in [0.29, 0.717) is 6.04 Å². The molecule has 0 aromatic carbocycles. The number of rotatable bonds is 16. The van der Waals surface area contributed by atoms with E-state index < -0.39 is 0 Å². The third-order valence-corrected chi connectivity index (χ3v) is 4.28. The summed E-state index contributed by atoms with van der Waals surface area (Å²) in [6.45, 7) is 4.53. The molecule has 21 heavy (non-hydrogen) atoms. The van der Waals surface area contributed by atoms with Gasteiger partial charge in [0.25, 0.3) is 0 Å². The molecule has 1 atom stereocenters. The van der Waals surface area contributed by atoms with Crippen molar-refractivity contribution < 1.29 is 0 Å². The van der Waals surface area contributed by atoms with Crippen LogP contribution in [-0.2, 0) is 0 Å². The zero-order valence-electron chi connectivity index (χ0n) is 14.6. The van der Waals surface area contributed by atoms with Crippen molar-refractivity contribution in [2.45, 2.75) is 116 Å². The van der Waals surface area contributed by atoms with Crippen LogP contribution in [0.25, 0.3) is 0 Å². The van der Waals surface area contributed by atoms with Crippen molar-refractivity contribution >= 4 is 6.01 Å². The summed E-state index contributed by atoms with van der Waals surface area (Å²) in [7, 11) is 0. The Balaban J connectivity index is 3.51. The highest BCUT2D eigenvalue weighted by Crippen LogP contribution is 2.16. The highest BCUT2D eigenvalue weighted by atomic mass is 14.8. The van der Waals surface area contributed by atoms with Gasteiger partial charge in [-0.3, -0.25) is 0 Å². The van der Waals surface area contributed by atoms with Crippen molar-refractivity contribution in [2.75, 3.05) is 0 Å².